The third-order valence-electron chi connectivity index (χ3n) is 0.628. The van der Waals surface area contributed by atoms with Gasteiger partial charge in [-0.15, -0.1) is 0 Å². The van der Waals surface area contributed by atoms with Crippen LogP contribution in [0.4, 0.5) is 0 Å². The molecule has 32 valence electrons. The number of rotatable bonds is 0. The summed E-state index contributed by atoms with van der Waals surface area (Å²) >= 11 is 0. The van der Waals surface area contributed by atoms with E-state index in [0.29, 0.717) is 0 Å². The molecule has 0 saturated carbocycles. The summed E-state index contributed by atoms with van der Waals surface area (Å²) in [7, 11) is 0. The Balaban J connectivity index is 2.26. The topological polar surface area (TPSA) is 24.4 Å². The van der Waals surface area contributed by atoms with Crippen LogP contribution in [0.25, 0.3) is 0 Å². The summed E-state index contributed by atoms with van der Waals surface area (Å²) in [5.74, 6) is 0. The van der Waals surface area contributed by atoms with Crippen LogP contribution in [0.15, 0.2) is 5.10 Å². The van der Waals surface area contributed by atoms with E-state index >= 15 is 0 Å². The largest absolute Gasteiger partial charge is 0.310 e. The number of hydrogen-bond donors (Lipinski definition) is 1. The molecule has 0 aliphatic carbocycles. The van der Waals surface area contributed by atoms with Crippen LogP contribution in [-0.4, -0.2) is 12.8 Å². The first-order chi connectivity index (χ1) is 3.00. The first-order valence-electron chi connectivity index (χ1n) is 1.98. The van der Waals surface area contributed by atoms with Crippen LogP contribution in [0.1, 0.15) is 6.42 Å². The van der Waals surface area contributed by atoms with Gasteiger partial charge in [0.15, 0.2) is 0 Å². The van der Waals surface area contributed by atoms with Crippen molar-refractivity contribution in [2.45, 2.75) is 6.42 Å². The van der Waals surface area contributed by atoms with Gasteiger partial charge in [0.2, 0.25) is 0 Å². The number of nitrogens with zero attached hydrogens (tertiary/aromatic N) is 1. The minimum absolute atomic E-state index is 0.941. The second-order valence-electron chi connectivity index (χ2n) is 1.12. The Kier molecular flexibility index (Phi) is 1.10. The summed E-state index contributed by atoms with van der Waals surface area (Å²) in [5.41, 5.74) is 2.79. The van der Waals surface area contributed by atoms with E-state index in [1.807, 2.05) is 0 Å². The van der Waals surface area contributed by atoms with Crippen LogP contribution in [0.2, 0.25) is 0 Å². The predicted octanol–water partition coefficient (Wildman–Crippen LogP) is 0.0468. The first-order valence-corrected chi connectivity index (χ1v) is 1.98. The summed E-state index contributed by atoms with van der Waals surface area (Å²) in [6.07, 6.45) is 5.58. The maximum Gasteiger partial charge on any atom is 0.0339 e. The van der Waals surface area contributed by atoms with Crippen LogP contribution in [0, 0.1) is 6.42 Å². The molecule has 0 fully saturated rings. The lowest BCUT2D eigenvalue weighted by Gasteiger charge is -2.00. The van der Waals surface area contributed by atoms with Gasteiger partial charge < -0.3 is 5.43 Å². The van der Waals surface area contributed by atoms with Crippen LogP contribution < -0.4 is 5.43 Å². The van der Waals surface area contributed by atoms with Crippen molar-refractivity contribution in [2.75, 3.05) is 6.54 Å². The van der Waals surface area contributed by atoms with Gasteiger partial charge in [-0.2, -0.15) is 5.10 Å². The molecule has 0 aromatic rings. The SMILES string of the molecule is [C]1C=NNCC1. The molecule has 0 bridgehead atoms. The lowest BCUT2D eigenvalue weighted by molar-refractivity contribution is 0.716. The molecular formula is C4H6N2. The monoisotopic (exact) mass is 82.1 g/mol. The van der Waals surface area contributed by atoms with E-state index in [2.05, 4.69) is 16.9 Å². The second kappa shape index (κ2) is 1.80. The Morgan fingerprint density at radius 1 is 1.83 bits per heavy atom. The molecule has 1 heterocycles. The highest BCUT2D eigenvalue weighted by molar-refractivity contribution is 5.67. The van der Waals surface area contributed by atoms with E-state index < -0.39 is 0 Å². The molecule has 2 nitrogen and oxygen atoms in total. The first kappa shape index (κ1) is 3.65. The molecule has 0 atom stereocenters. The molecule has 1 aliphatic heterocycles. The van der Waals surface area contributed by atoms with Crippen molar-refractivity contribution in [3.63, 3.8) is 0 Å². The van der Waals surface area contributed by atoms with Crippen molar-refractivity contribution >= 4 is 6.21 Å². The minimum Gasteiger partial charge on any atom is -0.310 e. The number of nitrogens with one attached hydrogen (secondary N) is 1. The van der Waals surface area contributed by atoms with Crippen molar-refractivity contribution in [3.8, 4) is 0 Å². The second-order valence-corrected chi connectivity index (χ2v) is 1.12. The number of hydrazone groups is 1. The summed E-state index contributed by atoms with van der Waals surface area (Å²) in [6.45, 7) is 0.941. The fourth-order valence-electron chi connectivity index (χ4n) is 0.348. The Hall–Kier alpha value is -0.530. The molecule has 0 aromatic carbocycles. The van der Waals surface area contributed by atoms with Gasteiger partial charge in [-0.25, -0.2) is 0 Å². The summed E-state index contributed by atoms with van der Waals surface area (Å²) in [6, 6.07) is 0. The molecule has 2 heteroatoms. The van der Waals surface area contributed by atoms with Crippen LogP contribution in [0.5, 0.6) is 0 Å². The van der Waals surface area contributed by atoms with Gasteiger partial charge in [0.05, 0.1) is 0 Å². The Morgan fingerprint density at radius 3 is 3.00 bits per heavy atom. The highest BCUT2D eigenvalue weighted by Crippen LogP contribution is 1.84. The number of hydrogen-bond acceptors (Lipinski definition) is 2. The Bertz CT molecular complexity index is 50.6. The Morgan fingerprint density at radius 2 is 2.83 bits per heavy atom. The minimum atomic E-state index is 0.941. The van der Waals surface area contributed by atoms with Gasteiger partial charge in [-0.1, -0.05) is 0 Å². The molecule has 1 rings (SSSR count). The normalized spacial score (nSPS) is 20.0. The maximum absolute atomic E-state index is 3.69. The summed E-state index contributed by atoms with van der Waals surface area (Å²) in [5, 5.41) is 3.69. The van der Waals surface area contributed by atoms with Gasteiger partial charge in [-0.05, 0) is 6.42 Å². The van der Waals surface area contributed by atoms with E-state index in [1.54, 1.807) is 6.21 Å². The Labute approximate surface area is 37.2 Å². The molecule has 6 heavy (non-hydrogen) atoms. The molecule has 0 spiro atoms. The zero-order valence-electron chi connectivity index (χ0n) is 3.44. The lowest BCUT2D eigenvalue weighted by atomic mass is 10.3. The predicted molar refractivity (Wildman–Crippen MR) is 24.4 cm³/mol. The maximum atomic E-state index is 3.69. The van der Waals surface area contributed by atoms with Crippen molar-refractivity contribution in [1.82, 2.24) is 5.43 Å². The van der Waals surface area contributed by atoms with Gasteiger partial charge in [-0.3, -0.25) is 0 Å². The molecule has 0 saturated heterocycles. The highest BCUT2D eigenvalue weighted by atomic mass is 15.3. The molecule has 2 radical (unpaired) electrons. The summed E-state index contributed by atoms with van der Waals surface area (Å²) in [4.78, 5) is 0. The zero-order chi connectivity index (χ0) is 4.24. The van der Waals surface area contributed by atoms with E-state index in [-0.39, 0.29) is 0 Å². The third-order valence-corrected chi connectivity index (χ3v) is 0.628. The molecule has 0 amide bonds. The van der Waals surface area contributed by atoms with Crippen LogP contribution in [-0.2, 0) is 0 Å². The van der Waals surface area contributed by atoms with Crippen LogP contribution >= 0.6 is 0 Å². The van der Waals surface area contributed by atoms with Crippen LogP contribution in [0.3, 0.4) is 0 Å². The van der Waals surface area contributed by atoms with Gasteiger partial charge in [0.1, 0.15) is 0 Å². The molecule has 0 unspecified atom stereocenters. The van der Waals surface area contributed by atoms with Gasteiger partial charge in [0, 0.05) is 19.2 Å². The summed E-state index contributed by atoms with van der Waals surface area (Å²) < 4.78 is 0. The average Bonchev–Trinajstić information content (AvgIpc) is 1.72. The van der Waals surface area contributed by atoms with Crippen molar-refractivity contribution in [2.24, 2.45) is 5.10 Å². The van der Waals surface area contributed by atoms with E-state index in [1.165, 1.54) is 0 Å². The van der Waals surface area contributed by atoms with Crippen molar-refractivity contribution < 1.29 is 0 Å². The van der Waals surface area contributed by atoms with E-state index in [0.717, 1.165) is 13.0 Å². The highest BCUT2D eigenvalue weighted by Gasteiger charge is 1.87. The fourth-order valence-corrected chi connectivity index (χ4v) is 0.348. The van der Waals surface area contributed by atoms with Crippen molar-refractivity contribution in [1.29, 1.82) is 0 Å². The molecule has 0 aromatic heterocycles. The van der Waals surface area contributed by atoms with E-state index in [9.17, 15) is 0 Å². The quantitative estimate of drug-likeness (QED) is 0.438. The van der Waals surface area contributed by atoms with Gasteiger partial charge >= 0.3 is 0 Å². The third kappa shape index (κ3) is 0.708. The molecular weight excluding hydrogens is 76.1 g/mol. The molecule has 1 aliphatic rings. The van der Waals surface area contributed by atoms with E-state index in [4.69, 9.17) is 0 Å². The van der Waals surface area contributed by atoms with Crippen molar-refractivity contribution in [3.05, 3.63) is 6.42 Å². The zero-order valence-corrected chi connectivity index (χ0v) is 3.44. The standard InChI is InChI=1S/C4H6N2/c1-2-4-6-5-3-1/h4-5H,1,3H2. The average molecular weight is 82.1 g/mol. The van der Waals surface area contributed by atoms with Gasteiger partial charge in [0.25, 0.3) is 0 Å². The fraction of sp³-hybridized carbons (Fsp3) is 0.500. The lowest BCUT2D eigenvalue weighted by Crippen LogP contribution is -2.12. The molecule has 1 N–H and O–H groups in total. The smallest absolute Gasteiger partial charge is 0.0339 e.